The number of hydrogen-bond acceptors (Lipinski definition) is 4. The molecular formula is C23H21ClF3NO5S. The van der Waals surface area contributed by atoms with E-state index in [-0.39, 0.29) is 0 Å². The Morgan fingerprint density at radius 1 is 1.06 bits per heavy atom. The van der Waals surface area contributed by atoms with Gasteiger partial charge in [0.05, 0.1) is 21.1 Å². The lowest BCUT2D eigenvalue weighted by atomic mass is 9.63. The summed E-state index contributed by atoms with van der Waals surface area (Å²) in [6.45, 7) is -0.500. The van der Waals surface area contributed by atoms with Crippen molar-refractivity contribution in [2.45, 2.75) is 53.5 Å². The first-order chi connectivity index (χ1) is 15.9. The van der Waals surface area contributed by atoms with Gasteiger partial charge >= 0.3 is 12.1 Å². The first-order valence-corrected chi connectivity index (χ1v) is 12.5. The zero-order valence-corrected chi connectivity index (χ0v) is 19.3. The quantitative estimate of drug-likeness (QED) is 0.641. The summed E-state index contributed by atoms with van der Waals surface area (Å²) in [6.07, 6.45) is -3.78. The number of alkyl halides is 3. The van der Waals surface area contributed by atoms with E-state index in [1.165, 1.54) is 6.07 Å². The van der Waals surface area contributed by atoms with Crippen molar-refractivity contribution in [1.29, 1.82) is 0 Å². The molecule has 1 saturated carbocycles. The van der Waals surface area contributed by atoms with Gasteiger partial charge in [-0.1, -0.05) is 42.3 Å². The first kappa shape index (κ1) is 24.5. The number of aliphatic carboxylic acids is 1. The molecule has 1 amide bonds. The lowest BCUT2D eigenvalue weighted by Crippen LogP contribution is -2.54. The van der Waals surface area contributed by atoms with Crippen molar-refractivity contribution in [2.24, 2.45) is 0 Å². The number of benzene rings is 2. The highest BCUT2D eigenvalue weighted by molar-refractivity contribution is 7.92. The van der Waals surface area contributed by atoms with Gasteiger partial charge in [-0.15, -0.1) is 0 Å². The van der Waals surface area contributed by atoms with E-state index in [0.717, 1.165) is 23.5 Å². The van der Waals surface area contributed by atoms with Gasteiger partial charge in [0.1, 0.15) is 6.04 Å². The molecule has 1 aliphatic carbocycles. The summed E-state index contributed by atoms with van der Waals surface area (Å²) in [5.41, 5.74) is -1.69. The lowest BCUT2D eigenvalue weighted by molar-refractivity contribution is -0.152. The minimum atomic E-state index is -4.91. The average Bonchev–Trinajstić information content (AvgIpc) is 3.20. The van der Waals surface area contributed by atoms with Gasteiger partial charge in [-0.05, 0) is 49.1 Å². The maximum absolute atomic E-state index is 13.6. The van der Waals surface area contributed by atoms with E-state index in [2.05, 4.69) is 0 Å². The number of halogens is 4. The second-order valence-electron chi connectivity index (χ2n) is 8.65. The van der Waals surface area contributed by atoms with Crippen LogP contribution >= 0.6 is 11.6 Å². The number of rotatable bonds is 5. The predicted molar refractivity (Wildman–Crippen MR) is 117 cm³/mol. The topological polar surface area (TPSA) is 91.8 Å². The van der Waals surface area contributed by atoms with Gasteiger partial charge in [-0.25, -0.2) is 13.2 Å². The Morgan fingerprint density at radius 2 is 1.68 bits per heavy atom. The number of nitrogens with zero attached hydrogens (tertiary/aromatic N) is 1. The van der Waals surface area contributed by atoms with Gasteiger partial charge in [-0.3, -0.25) is 4.79 Å². The van der Waals surface area contributed by atoms with Crippen molar-refractivity contribution in [3.63, 3.8) is 0 Å². The van der Waals surface area contributed by atoms with Crippen LogP contribution in [-0.2, 0) is 31.0 Å². The molecule has 1 aliphatic heterocycles. The van der Waals surface area contributed by atoms with Gasteiger partial charge in [0.25, 0.3) is 0 Å². The van der Waals surface area contributed by atoms with Crippen LogP contribution in [-0.4, -0.2) is 48.1 Å². The van der Waals surface area contributed by atoms with Crippen LogP contribution in [0.5, 0.6) is 0 Å². The van der Waals surface area contributed by atoms with Crippen molar-refractivity contribution in [3.05, 3.63) is 64.7 Å². The van der Waals surface area contributed by atoms with Crippen molar-refractivity contribution in [3.8, 4) is 0 Å². The van der Waals surface area contributed by atoms with Crippen LogP contribution in [0.1, 0.15) is 36.8 Å². The standard InChI is InChI=1S/C23H21ClF3NO5S/c24-15-8-6-14(7-9-15)22(10-3-11-22)21(31)28-13-16(12-18(28)20(29)30)34(32,33)19-5-2-1-4-17(19)23(25,26)27/h1-2,4-9,16,18H,3,10-13H2,(H,29,30). The smallest absolute Gasteiger partial charge is 0.417 e. The van der Waals surface area contributed by atoms with E-state index in [9.17, 15) is 36.3 Å². The van der Waals surface area contributed by atoms with Gasteiger partial charge in [0, 0.05) is 11.6 Å². The molecule has 34 heavy (non-hydrogen) atoms. The van der Waals surface area contributed by atoms with Crippen LogP contribution in [0.2, 0.25) is 5.02 Å². The lowest BCUT2D eigenvalue weighted by Gasteiger charge is -2.44. The number of carbonyl (C=O) groups excluding carboxylic acids is 1. The number of sulfone groups is 1. The number of amides is 1. The Morgan fingerprint density at radius 3 is 2.21 bits per heavy atom. The largest absolute Gasteiger partial charge is 0.480 e. The Kier molecular flexibility index (Phi) is 6.18. The second-order valence-corrected chi connectivity index (χ2v) is 11.3. The highest BCUT2D eigenvalue weighted by Crippen LogP contribution is 2.47. The molecule has 0 spiro atoms. The van der Waals surface area contributed by atoms with Crippen LogP contribution < -0.4 is 0 Å². The Balaban J connectivity index is 1.70. The maximum Gasteiger partial charge on any atom is 0.417 e. The fourth-order valence-electron chi connectivity index (χ4n) is 4.81. The monoisotopic (exact) mass is 515 g/mol. The fraction of sp³-hybridized carbons (Fsp3) is 0.391. The number of hydrogen-bond donors (Lipinski definition) is 1. The van der Waals surface area contributed by atoms with Crippen LogP contribution in [0.3, 0.4) is 0 Å². The minimum Gasteiger partial charge on any atom is -0.480 e. The molecule has 2 aromatic carbocycles. The molecule has 1 N–H and O–H groups in total. The molecule has 2 aliphatic rings. The van der Waals surface area contributed by atoms with E-state index in [4.69, 9.17) is 11.6 Å². The third-order valence-electron chi connectivity index (χ3n) is 6.76. The number of carboxylic acid groups (broad SMARTS) is 1. The summed E-state index contributed by atoms with van der Waals surface area (Å²) < 4.78 is 66.9. The molecule has 2 aromatic rings. The molecule has 1 heterocycles. The zero-order valence-electron chi connectivity index (χ0n) is 17.8. The summed E-state index contributed by atoms with van der Waals surface area (Å²) in [5.74, 6) is -1.93. The van der Waals surface area contributed by atoms with Crippen LogP contribution in [0.25, 0.3) is 0 Å². The van der Waals surface area contributed by atoms with Crippen molar-refractivity contribution in [2.75, 3.05) is 6.54 Å². The molecule has 0 radical (unpaired) electrons. The van der Waals surface area contributed by atoms with Crippen LogP contribution in [0, 0.1) is 0 Å². The molecule has 0 bridgehead atoms. The van der Waals surface area contributed by atoms with E-state index >= 15 is 0 Å². The summed E-state index contributed by atoms with van der Waals surface area (Å²) >= 11 is 5.95. The number of likely N-dealkylation sites (tertiary alicyclic amines) is 1. The van der Waals surface area contributed by atoms with E-state index < -0.39 is 68.0 Å². The molecule has 182 valence electrons. The molecule has 0 aromatic heterocycles. The van der Waals surface area contributed by atoms with Gasteiger partial charge in [-0.2, -0.15) is 13.2 Å². The van der Waals surface area contributed by atoms with Crippen molar-refractivity contribution >= 4 is 33.3 Å². The van der Waals surface area contributed by atoms with Crippen molar-refractivity contribution in [1.82, 2.24) is 4.90 Å². The SMILES string of the molecule is O=C(O)C1CC(S(=O)(=O)c2ccccc2C(F)(F)F)CN1C(=O)C1(c2ccc(Cl)cc2)CCC1. The summed E-state index contributed by atoms with van der Waals surface area (Å²) in [7, 11) is -4.58. The average molecular weight is 516 g/mol. The fourth-order valence-corrected chi connectivity index (χ4v) is 6.85. The summed E-state index contributed by atoms with van der Waals surface area (Å²) in [4.78, 5) is 25.7. The molecule has 2 fully saturated rings. The van der Waals surface area contributed by atoms with Crippen LogP contribution in [0.4, 0.5) is 13.2 Å². The summed E-state index contributed by atoms with van der Waals surface area (Å²) in [5, 5.41) is 8.73. The molecule has 6 nitrogen and oxygen atoms in total. The van der Waals surface area contributed by atoms with Crippen LogP contribution in [0.15, 0.2) is 53.4 Å². The number of carboxylic acids is 1. The Hall–Kier alpha value is -2.59. The normalized spacial score (nSPS) is 22.3. The molecule has 11 heteroatoms. The highest BCUT2D eigenvalue weighted by atomic mass is 35.5. The van der Waals surface area contributed by atoms with Gasteiger partial charge in [0.15, 0.2) is 9.84 Å². The Bertz CT molecular complexity index is 1230. The third-order valence-corrected chi connectivity index (χ3v) is 9.20. The molecule has 4 rings (SSSR count). The highest BCUT2D eigenvalue weighted by Gasteiger charge is 2.54. The third kappa shape index (κ3) is 4.07. The molecule has 1 saturated heterocycles. The minimum absolute atomic E-state index is 0.449. The first-order valence-electron chi connectivity index (χ1n) is 10.6. The maximum atomic E-state index is 13.6. The number of carbonyl (C=O) groups is 2. The molecular weight excluding hydrogens is 495 g/mol. The van der Waals surface area contributed by atoms with Crippen molar-refractivity contribution < 1.29 is 36.3 Å². The zero-order chi connectivity index (χ0) is 24.9. The van der Waals surface area contributed by atoms with E-state index in [1.807, 2.05) is 0 Å². The van der Waals surface area contributed by atoms with Gasteiger partial charge in [0.2, 0.25) is 5.91 Å². The Labute approximate surface area is 199 Å². The predicted octanol–water partition coefficient (Wildman–Crippen LogP) is 4.31. The van der Waals surface area contributed by atoms with Gasteiger partial charge < -0.3 is 10.0 Å². The van der Waals surface area contributed by atoms with E-state index in [1.54, 1.807) is 24.3 Å². The second kappa shape index (κ2) is 8.57. The molecule has 2 unspecified atom stereocenters. The van der Waals surface area contributed by atoms with E-state index in [0.29, 0.717) is 29.5 Å². The summed E-state index contributed by atoms with van der Waals surface area (Å²) in [6, 6.07) is 8.92. The molecule has 2 atom stereocenters.